The van der Waals surface area contributed by atoms with Crippen molar-refractivity contribution in [2.75, 3.05) is 12.4 Å². The van der Waals surface area contributed by atoms with E-state index in [1.54, 1.807) is 19.3 Å². The van der Waals surface area contributed by atoms with Crippen molar-refractivity contribution in [2.45, 2.75) is 0 Å². The van der Waals surface area contributed by atoms with Gasteiger partial charge in [-0.2, -0.15) is 5.10 Å². The fourth-order valence-corrected chi connectivity index (χ4v) is 1.36. The number of non-ortho nitro benzene ring substituents is 1. The fraction of sp³-hybridized carbons (Fsp3) is 0.111. The quantitative estimate of drug-likeness (QED) is 0.593. The smallest absolute Gasteiger partial charge is 0.270 e. The minimum absolute atomic E-state index is 0.0481. The van der Waals surface area contributed by atoms with Crippen LogP contribution < -0.4 is 5.32 Å². The van der Waals surface area contributed by atoms with E-state index in [4.69, 9.17) is 0 Å². The first-order valence-corrected chi connectivity index (χ1v) is 4.30. The van der Waals surface area contributed by atoms with Crippen molar-refractivity contribution in [1.82, 2.24) is 10.2 Å². The van der Waals surface area contributed by atoms with Crippen LogP contribution in [0.1, 0.15) is 0 Å². The van der Waals surface area contributed by atoms with E-state index in [-0.39, 0.29) is 5.69 Å². The van der Waals surface area contributed by atoms with Crippen LogP contribution in [0.3, 0.4) is 0 Å². The van der Waals surface area contributed by atoms with Gasteiger partial charge in [-0.05, 0) is 6.07 Å². The van der Waals surface area contributed by atoms with Crippen molar-refractivity contribution in [1.29, 1.82) is 0 Å². The lowest BCUT2D eigenvalue weighted by atomic mass is 10.1. The molecule has 76 valence electrons. The number of rotatable bonds is 2. The van der Waals surface area contributed by atoms with E-state index in [1.165, 1.54) is 12.1 Å². The largest absolute Gasteiger partial charge is 0.371 e. The van der Waals surface area contributed by atoms with Crippen LogP contribution in [0.5, 0.6) is 0 Å². The number of nitro groups is 1. The Hall–Kier alpha value is -2.24. The average Bonchev–Trinajstić information content (AvgIpc) is 2.27. The van der Waals surface area contributed by atoms with Crippen LogP contribution in [0, 0.1) is 10.1 Å². The van der Waals surface area contributed by atoms with Gasteiger partial charge in [-0.25, -0.2) is 0 Å². The topological polar surface area (TPSA) is 81.0 Å². The predicted molar refractivity (Wildman–Crippen MR) is 55.7 cm³/mol. The van der Waals surface area contributed by atoms with Gasteiger partial charge in [0.2, 0.25) is 0 Å². The lowest BCUT2D eigenvalue weighted by Crippen LogP contribution is -1.96. The maximum absolute atomic E-state index is 10.6. The van der Waals surface area contributed by atoms with Gasteiger partial charge in [0.15, 0.2) is 5.82 Å². The Morgan fingerprint density at radius 1 is 1.47 bits per heavy atom. The Bertz CT molecular complexity index is 527. The molecule has 0 aliphatic carbocycles. The second-order valence-corrected chi connectivity index (χ2v) is 2.97. The molecule has 0 bridgehead atoms. The van der Waals surface area contributed by atoms with E-state index in [0.717, 1.165) is 5.39 Å². The minimum atomic E-state index is -0.431. The molecule has 1 aromatic heterocycles. The van der Waals surface area contributed by atoms with Crippen LogP contribution in [0.4, 0.5) is 11.5 Å². The zero-order chi connectivity index (χ0) is 10.8. The normalized spacial score (nSPS) is 10.2. The minimum Gasteiger partial charge on any atom is -0.371 e. The van der Waals surface area contributed by atoms with Crippen LogP contribution in [-0.2, 0) is 0 Å². The molecule has 0 unspecified atom stereocenters. The summed E-state index contributed by atoms with van der Waals surface area (Å²) in [6, 6.07) is 4.59. The first-order chi connectivity index (χ1) is 7.22. The number of hydrogen-bond acceptors (Lipinski definition) is 5. The Balaban J connectivity index is 2.72. The Kier molecular flexibility index (Phi) is 2.17. The van der Waals surface area contributed by atoms with Crippen molar-refractivity contribution in [3.8, 4) is 0 Å². The van der Waals surface area contributed by atoms with Crippen LogP contribution in [0.25, 0.3) is 10.8 Å². The molecule has 1 heterocycles. The van der Waals surface area contributed by atoms with Gasteiger partial charge in [-0.15, -0.1) is 5.10 Å². The monoisotopic (exact) mass is 204 g/mol. The number of fused-ring (bicyclic) bond motifs is 1. The SMILES string of the molecule is CNc1nncc2ccc([N+](=O)[O-])cc12. The molecule has 0 saturated carbocycles. The molecule has 2 aromatic rings. The molecule has 0 fully saturated rings. The molecule has 0 amide bonds. The predicted octanol–water partition coefficient (Wildman–Crippen LogP) is 1.58. The Morgan fingerprint density at radius 3 is 2.93 bits per heavy atom. The molecule has 1 N–H and O–H groups in total. The molecule has 6 nitrogen and oxygen atoms in total. The first kappa shape index (κ1) is 9.32. The van der Waals surface area contributed by atoms with Gasteiger partial charge in [-0.1, -0.05) is 0 Å². The van der Waals surface area contributed by atoms with Crippen molar-refractivity contribution in [2.24, 2.45) is 0 Å². The summed E-state index contributed by atoms with van der Waals surface area (Å²) in [5.74, 6) is 0.538. The number of aromatic nitrogens is 2. The first-order valence-electron chi connectivity index (χ1n) is 4.30. The maximum Gasteiger partial charge on any atom is 0.270 e. The molecule has 0 spiro atoms. The highest BCUT2D eigenvalue weighted by Crippen LogP contribution is 2.24. The van der Waals surface area contributed by atoms with Gasteiger partial charge < -0.3 is 5.32 Å². The summed E-state index contributed by atoms with van der Waals surface area (Å²) in [7, 11) is 1.70. The van der Waals surface area contributed by atoms with Gasteiger partial charge in [0.25, 0.3) is 5.69 Å². The summed E-state index contributed by atoms with van der Waals surface area (Å²) < 4.78 is 0. The molecular formula is C9H8N4O2. The molecule has 0 atom stereocenters. The third-order valence-electron chi connectivity index (χ3n) is 2.09. The second-order valence-electron chi connectivity index (χ2n) is 2.97. The molecule has 2 rings (SSSR count). The summed E-state index contributed by atoms with van der Waals surface area (Å²) in [6.07, 6.45) is 1.57. The third kappa shape index (κ3) is 1.56. The van der Waals surface area contributed by atoms with E-state index in [9.17, 15) is 10.1 Å². The number of nitro benzene ring substituents is 1. The van der Waals surface area contributed by atoms with E-state index < -0.39 is 4.92 Å². The summed E-state index contributed by atoms with van der Waals surface area (Å²) in [6.45, 7) is 0. The van der Waals surface area contributed by atoms with Crippen molar-refractivity contribution in [3.05, 3.63) is 34.5 Å². The van der Waals surface area contributed by atoms with Crippen LogP contribution in [-0.4, -0.2) is 22.2 Å². The van der Waals surface area contributed by atoms with Crippen molar-refractivity contribution < 1.29 is 4.92 Å². The number of anilines is 1. The number of hydrogen-bond donors (Lipinski definition) is 1. The molecule has 6 heteroatoms. The molecule has 0 saturated heterocycles. The number of nitrogens with zero attached hydrogens (tertiary/aromatic N) is 3. The van der Waals surface area contributed by atoms with Gasteiger partial charge >= 0.3 is 0 Å². The summed E-state index contributed by atoms with van der Waals surface area (Å²) >= 11 is 0. The van der Waals surface area contributed by atoms with E-state index in [0.29, 0.717) is 11.2 Å². The lowest BCUT2D eigenvalue weighted by molar-refractivity contribution is -0.384. The molecular weight excluding hydrogens is 196 g/mol. The summed E-state index contributed by atoms with van der Waals surface area (Å²) in [5.41, 5.74) is 0.0481. The van der Waals surface area contributed by atoms with Crippen molar-refractivity contribution in [3.63, 3.8) is 0 Å². The Labute approximate surface area is 85.1 Å². The van der Waals surface area contributed by atoms with E-state index in [2.05, 4.69) is 15.5 Å². The molecule has 15 heavy (non-hydrogen) atoms. The molecule has 0 aliphatic rings. The maximum atomic E-state index is 10.6. The number of benzene rings is 1. The standard InChI is InChI=1S/C9H8N4O2/c1-10-9-8-4-7(13(14)15)3-2-6(8)5-11-12-9/h2-5H,1H3,(H,10,12). The second kappa shape index (κ2) is 3.49. The molecule has 0 radical (unpaired) electrons. The lowest BCUT2D eigenvalue weighted by Gasteiger charge is -2.02. The highest BCUT2D eigenvalue weighted by atomic mass is 16.6. The van der Waals surface area contributed by atoms with Crippen LogP contribution >= 0.6 is 0 Å². The fourth-order valence-electron chi connectivity index (χ4n) is 1.36. The van der Waals surface area contributed by atoms with Crippen LogP contribution in [0.15, 0.2) is 24.4 Å². The third-order valence-corrected chi connectivity index (χ3v) is 2.09. The molecule has 1 aromatic carbocycles. The van der Waals surface area contributed by atoms with Gasteiger partial charge in [0.05, 0.1) is 11.1 Å². The van der Waals surface area contributed by atoms with Gasteiger partial charge in [-0.3, -0.25) is 10.1 Å². The van der Waals surface area contributed by atoms with Gasteiger partial charge in [0.1, 0.15) is 0 Å². The van der Waals surface area contributed by atoms with E-state index in [1.807, 2.05) is 0 Å². The average molecular weight is 204 g/mol. The zero-order valence-corrected chi connectivity index (χ0v) is 7.97. The Morgan fingerprint density at radius 2 is 2.27 bits per heavy atom. The van der Waals surface area contributed by atoms with Gasteiger partial charge in [0, 0.05) is 30.0 Å². The van der Waals surface area contributed by atoms with E-state index >= 15 is 0 Å². The summed E-state index contributed by atoms with van der Waals surface area (Å²) in [5, 5.41) is 22.6. The van der Waals surface area contributed by atoms with Crippen LogP contribution in [0.2, 0.25) is 0 Å². The zero-order valence-electron chi connectivity index (χ0n) is 7.97. The highest BCUT2D eigenvalue weighted by molar-refractivity contribution is 5.92. The molecule has 0 aliphatic heterocycles. The summed E-state index contributed by atoms with van der Waals surface area (Å²) in [4.78, 5) is 10.2. The van der Waals surface area contributed by atoms with Crippen molar-refractivity contribution >= 4 is 22.3 Å². The number of nitrogens with one attached hydrogen (secondary N) is 1. The highest BCUT2D eigenvalue weighted by Gasteiger charge is 2.09.